The molecule has 3 nitrogen and oxygen atoms in total. The first-order valence-electron chi connectivity index (χ1n) is 9.11. The van der Waals surface area contributed by atoms with Gasteiger partial charge in [-0.25, -0.2) is 0 Å². The number of hydrogen-bond donors (Lipinski definition) is 1. The lowest BCUT2D eigenvalue weighted by atomic mass is 9.90. The maximum absolute atomic E-state index is 11.1. The van der Waals surface area contributed by atoms with Gasteiger partial charge >= 0.3 is 0 Å². The van der Waals surface area contributed by atoms with Crippen LogP contribution in [0.25, 0.3) is 0 Å². The maximum Gasteiger partial charge on any atom is 0.129 e. The van der Waals surface area contributed by atoms with Crippen LogP contribution >= 0.6 is 0 Å². The van der Waals surface area contributed by atoms with Crippen LogP contribution in [-0.2, 0) is 11.2 Å². The summed E-state index contributed by atoms with van der Waals surface area (Å²) >= 11 is 0. The molecule has 0 aromatic heterocycles. The van der Waals surface area contributed by atoms with Crippen LogP contribution in [0.5, 0.6) is 5.75 Å². The van der Waals surface area contributed by atoms with Gasteiger partial charge in [-0.2, -0.15) is 0 Å². The third-order valence-corrected chi connectivity index (χ3v) is 4.63. The largest absolute Gasteiger partial charge is 0.491 e. The van der Waals surface area contributed by atoms with Crippen molar-refractivity contribution in [2.75, 3.05) is 11.9 Å². The van der Waals surface area contributed by atoms with Crippen LogP contribution in [0.2, 0.25) is 0 Å². The first-order valence-corrected chi connectivity index (χ1v) is 9.11. The third kappa shape index (κ3) is 5.89. The van der Waals surface area contributed by atoms with Crippen molar-refractivity contribution in [1.82, 2.24) is 0 Å². The molecular formula is C20H31NO2. The van der Waals surface area contributed by atoms with Gasteiger partial charge in [0, 0.05) is 24.7 Å². The first kappa shape index (κ1) is 17.8. The number of carbonyl (C=O) groups excluding carboxylic acids is 1. The molecule has 1 aliphatic rings. The minimum Gasteiger partial charge on any atom is -0.491 e. The molecule has 0 saturated heterocycles. The molecule has 0 bridgehead atoms. The van der Waals surface area contributed by atoms with Crippen LogP contribution < -0.4 is 10.1 Å². The summed E-state index contributed by atoms with van der Waals surface area (Å²) in [6, 6.07) is 6.40. The summed E-state index contributed by atoms with van der Waals surface area (Å²) in [4.78, 5) is 11.1. The molecule has 3 heteroatoms. The van der Waals surface area contributed by atoms with Gasteiger partial charge in [-0.15, -0.1) is 0 Å². The fraction of sp³-hybridized carbons (Fsp3) is 0.650. The molecule has 0 amide bonds. The van der Waals surface area contributed by atoms with Crippen molar-refractivity contribution >= 4 is 11.5 Å². The number of nitrogens with one attached hydrogen (secondary N) is 1. The van der Waals surface area contributed by atoms with E-state index in [0.717, 1.165) is 31.6 Å². The Morgan fingerprint density at radius 3 is 2.96 bits per heavy atom. The van der Waals surface area contributed by atoms with E-state index >= 15 is 0 Å². The van der Waals surface area contributed by atoms with Gasteiger partial charge in [0.05, 0.1) is 6.10 Å². The standard InChI is InChI=1S/C20H31NO2/c1-4-5-6-7-16(3)23-19-11-10-18-12-17(9-8-15(2)22)14-21-20(18)13-19/h10-11,13,16-17,21H,4-9,12,14H2,1-3H3. The van der Waals surface area contributed by atoms with E-state index in [4.69, 9.17) is 4.74 Å². The van der Waals surface area contributed by atoms with E-state index < -0.39 is 0 Å². The zero-order valence-corrected chi connectivity index (χ0v) is 14.9. The highest BCUT2D eigenvalue weighted by Crippen LogP contribution is 2.31. The van der Waals surface area contributed by atoms with Crippen LogP contribution in [0.1, 0.15) is 64.9 Å². The van der Waals surface area contributed by atoms with Crippen molar-refractivity contribution < 1.29 is 9.53 Å². The SMILES string of the molecule is CCCCCC(C)Oc1ccc2c(c1)NCC(CCC(C)=O)C2. The molecule has 2 unspecified atom stereocenters. The zero-order valence-electron chi connectivity index (χ0n) is 14.9. The van der Waals surface area contributed by atoms with Gasteiger partial charge < -0.3 is 14.8 Å². The van der Waals surface area contributed by atoms with E-state index in [-0.39, 0.29) is 11.9 Å². The molecule has 1 aromatic rings. The predicted molar refractivity (Wildman–Crippen MR) is 96.3 cm³/mol. The number of unbranched alkanes of at least 4 members (excludes halogenated alkanes) is 2. The van der Waals surface area contributed by atoms with Crippen LogP contribution in [-0.4, -0.2) is 18.4 Å². The van der Waals surface area contributed by atoms with E-state index in [0.29, 0.717) is 12.3 Å². The fourth-order valence-electron chi connectivity index (χ4n) is 3.19. The number of rotatable bonds is 9. The van der Waals surface area contributed by atoms with Gasteiger partial charge in [0.1, 0.15) is 11.5 Å². The minimum absolute atomic E-state index is 0.270. The minimum atomic E-state index is 0.270. The molecule has 2 rings (SSSR count). The number of Topliss-reactive ketones (excluding diaryl/α,β-unsaturated/α-hetero) is 1. The average molecular weight is 317 g/mol. The smallest absolute Gasteiger partial charge is 0.129 e. The molecule has 0 spiro atoms. The van der Waals surface area contributed by atoms with Crippen molar-refractivity contribution in [3.63, 3.8) is 0 Å². The highest BCUT2D eigenvalue weighted by molar-refractivity contribution is 5.75. The Morgan fingerprint density at radius 2 is 2.22 bits per heavy atom. The van der Waals surface area contributed by atoms with Gasteiger partial charge in [0.2, 0.25) is 0 Å². The Labute approximate surface area is 140 Å². The number of hydrogen-bond acceptors (Lipinski definition) is 3. The van der Waals surface area contributed by atoms with Crippen molar-refractivity contribution in [2.24, 2.45) is 5.92 Å². The summed E-state index contributed by atoms with van der Waals surface area (Å²) < 4.78 is 6.05. The topological polar surface area (TPSA) is 38.3 Å². The first-order chi connectivity index (χ1) is 11.1. The molecular weight excluding hydrogens is 286 g/mol. The quantitative estimate of drug-likeness (QED) is 0.652. The number of anilines is 1. The monoisotopic (exact) mass is 317 g/mol. The van der Waals surface area contributed by atoms with Gasteiger partial charge in [-0.05, 0) is 57.1 Å². The summed E-state index contributed by atoms with van der Waals surface area (Å²) in [5, 5.41) is 3.51. The lowest BCUT2D eigenvalue weighted by molar-refractivity contribution is -0.117. The zero-order chi connectivity index (χ0) is 16.7. The van der Waals surface area contributed by atoms with E-state index in [9.17, 15) is 4.79 Å². The second-order valence-corrected chi connectivity index (χ2v) is 6.93. The Kier molecular flexibility index (Phi) is 6.94. The molecule has 1 aliphatic heterocycles. The average Bonchev–Trinajstić information content (AvgIpc) is 2.53. The van der Waals surface area contributed by atoms with Crippen LogP contribution in [0.4, 0.5) is 5.69 Å². The Hall–Kier alpha value is -1.51. The van der Waals surface area contributed by atoms with Crippen molar-refractivity contribution in [2.45, 2.75) is 71.8 Å². The summed E-state index contributed by atoms with van der Waals surface area (Å²) in [5.41, 5.74) is 2.54. The molecule has 1 aromatic carbocycles. The molecule has 1 N–H and O–H groups in total. The number of carbonyl (C=O) groups is 1. The molecule has 2 atom stereocenters. The number of benzene rings is 1. The molecule has 0 saturated carbocycles. The number of ether oxygens (including phenoxy) is 1. The van der Waals surface area contributed by atoms with Crippen LogP contribution in [0, 0.1) is 5.92 Å². The van der Waals surface area contributed by atoms with Gasteiger partial charge in [0.25, 0.3) is 0 Å². The second-order valence-electron chi connectivity index (χ2n) is 6.93. The maximum atomic E-state index is 11.1. The van der Waals surface area contributed by atoms with E-state index in [1.54, 1.807) is 6.92 Å². The second kappa shape index (κ2) is 8.95. The van der Waals surface area contributed by atoms with Gasteiger partial charge in [-0.1, -0.05) is 25.8 Å². The Bertz CT molecular complexity index is 512. The highest BCUT2D eigenvalue weighted by atomic mass is 16.5. The molecule has 128 valence electrons. The molecule has 0 radical (unpaired) electrons. The Morgan fingerprint density at radius 1 is 1.39 bits per heavy atom. The van der Waals surface area contributed by atoms with E-state index in [1.807, 2.05) is 0 Å². The lowest BCUT2D eigenvalue weighted by Gasteiger charge is -2.27. The lowest BCUT2D eigenvalue weighted by Crippen LogP contribution is -2.23. The third-order valence-electron chi connectivity index (χ3n) is 4.63. The fourth-order valence-corrected chi connectivity index (χ4v) is 3.19. The predicted octanol–water partition coefficient (Wildman–Crippen LogP) is 4.99. The highest BCUT2D eigenvalue weighted by Gasteiger charge is 2.19. The Balaban J connectivity index is 1.87. The molecule has 0 aliphatic carbocycles. The van der Waals surface area contributed by atoms with Crippen LogP contribution in [0.15, 0.2) is 18.2 Å². The van der Waals surface area contributed by atoms with E-state index in [1.165, 1.54) is 30.5 Å². The summed E-state index contributed by atoms with van der Waals surface area (Å²) in [6.07, 6.45) is 7.88. The summed E-state index contributed by atoms with van der Waals surface area (Å²) in [5.74, 6) is 1.81. The van der Waals surface area contributed by atoms with Gasteiger partial charge in [0.15, 0.2) is 0 Å². The molecule has 1 heterocycles. The normalized spacial score (nSPS) is 18.0. The molecule has 0 fully saturated rings. The molecule has 23 heavy (non-hydrogen) atoms. The van der Waals surface area contributed by atoms with E-state index in [2.05, 4.69) is 37.4 Å². The van der Waals surface area contributed by atoms with Crippen LogP contribution in [0.3, 0.4) is 0 Å². The van der Waals surface area contributed by atoms with Crippen molar-refractivity contribution in [3.8, 4) is 5.75 Å². The van der Waals surface area contributed by atoms with Crippen molar-refractivity contribution in [3.05, 3.63) is 23.8 Å². The summed E-state index contributed by atoms with van der Waals surface area (Å²) in [6.45, 7) is 7.01. The van der Waals surface area contributed by atoms with Gasteiger partial charge in [-0.3, -0.25) is 0 Å². The van der Waals surface area contributed by atoms with Crippen molar-refractivity contribution in [1.29, 1.82) is 0 Å². The summed E-state index contributed by atoms with van der Waals surface area (Å²) in [7, 11) is 0. The number of ketones is 1. The number of fused-ring (bicyclic) bond motifs is 1.